The Bertz CT molecular complexity index is 355. The van der Waals surface area contributed by atoms with E-state index in [1.807, 2.05) is 11.9 Å². The van der Waals surface area contributed by atoms with Crippen molar-refractivity contribution in [2.75, 3.05) is 32.1 Å². The number of rotatable bonds is 5. The fraction of sp³-hybridized carbons (Fsp3) is 0.455. The number of esters is 1. The maximum atomic E-state index is 11.3. The molecular weight excluding hydrogens is 206 g/mol. The normalized spacial score (nSPS) is 9.94. The minimum absolute atomic E-state index is 0.351. The second-order valence-electron chi connectivity index (χ2n) is 3.46. The van der Waals surface area contributed by atoms with Crippen molar-refractivity contribution >= 4 is 11.8 Å². The van der Waals surface area contributed by atoms with Crippen molar-refractivity contribution in [2.45, 2.75) is 6.42 Å². The molecule has 88 valence electrons. The van der Waals surface area contributed by atoms with E-state index >= 15 is 0 Å². The van der Waals surface area contributed by atoms with Crippen molar-refractivity contribution in [2.24, 2.45) is 5.73 Å². The summed E-state index contributed by atoms with van der Waals surface area (Å²) in [6, 6.07) is 3.34. The zero-order valence-corrected chi connectivity index (χ0v) is 9.64. The first-order chi connectivity index (χ1) is 7.69. The van der Waals surface area contributed by atoms with Crippen LogP contribution < -0.4 is 10.6 Å². The molecular formula is C11H17N3O2. The lowest BCUT2D eigenvalue weighted by Crippen LogP contribution is -2.22. The van der Waals surface area contributed by atoms with Crippen LogP contribution in [0.4, 0.5) is 5.82 Å². The molecule has 0 radical (unpaired) electrons. The summed E-state index contributed by atoms with van der Waals surface area (Å²) >= 11 is 0. The predicted octanol–water partition coefficient (Wildman–Crippen LogP) is 0.653. The van der Waals surface area contributed by atoms with E-state index < -0.39 is 0 Å². The van der Waals surface area contributed by atoms with Crippen LogP contribution in [-0.2, 0) is 4.74 Å². The molecule has 0 amide bonds. The van der Waals surface area contributed by atoms with Crippen LogP contribution in [0.1, 0.15) is 16.8 Å². The van der Waals surface area contributed by atoms with E-state index in [0.29, 0.717) is 12.1 Å². The van der Waals surface area contributed by atoms with Crippen LogP contribution in [0.15, 0.2) is 18.3 Å². The molecule has 0 aromatic carbocycles. The Balaban J connectivity index is 2.77. The summed E-state index contributed by atoms with van der Waals surface area (Å²) < 4.78 is 4.65. The predicted molar refractivity (Wildman–Crippen MR) is 62.5 cm³/mol. The fourth-order valence-electron chi connectivity index (χ4n) is 1.31. The van der Waals surface area contributed by atoms with Gasteiger partial charge in [-0.05, 0) is 25.1 Å². The summed E-state index contributed by atoms with van der Waals surface area (Å²) in [5.74, 6) is 0.396. The maximum Gasteiger partial charge on any atom is 0.338 e. The first-order valence-electron chi connectivity index (χ1n) is 5.14. The molecule has 16 heavy (non-hydrogen) atoms. The van der Waals surface area contributed by atoms with Crippen molar-refractivity contribution in [3.63, 3.8) is 0 Å². The van der Waals surface area contributed by atoms with Crippen LogP contribution in [0.2, 0.25) is 0 Å². The van der Waals surface area contributed by atoms with E-state index in [9.17, 15) is 4.79 Å². The Morgan fingerprint density at radius 2 is 2.38 bits per heavy atom. The molecule has 0 saturated heterocycles. The summed E-state index contributed by atoms with van der Waals surface area (Å²) in [4.78, 5) is 17.5. The second kappa shape index (κ2) is 6.07. The van der Waals surface area contributed by atoms with Crippen molar-refractivity contribution < 1.29 is 9.53 Å². The fourth-order valence-corrected chi connectivity index (χ4v) is 1.31. The van der Waals surface area contributed by atoms with Crippen LogP contribution in [0.5, 0.6) is 0 Å². The third-order valence-corrected chi connectivity index (χ3v) is 2.26. The molecule has 0 aliphatic heterocycles. The largest absolute Gasteiger partial charge is 0.465 e. The lowest BCUT2D eigenvalue weighted by molar-refractivity contribution is 0.0600. The van der Waals surface area contributed by atoms with Gasteiger partial charge in [0.2, 0.25) is 0 Å². The van der Waals surface area contributed by atoms with Crippen molar-refractivity contribution in [1.82, 2.24) is 4.98 Å². The van der Waals surface area contributed by atoms with Gasteiger partial charge in [0.15, 0.2) is 0 Å². The van der Waals surface area contributed by atoms with Gasteiger partial charge in [-0.2, -0.15) is 0 Å². The van der Waals surface area contributed by atoms with E-state index in [1.54, 1.807) is 18.3 Å². The highest BCUT2D eigenvalue weighted by atomic mass is 16.5. The van der Waals surface area contributed by atoms with Gasteiger partial charge in [-0.15, -0.1) is 0 Å². The molecule has 5 nitrogen and oxygen atoms in total. The highest BCUT2D eigenvalue weighted by Gasteiger charge is 2.08. The maximum absolute atomic E-state index is 11.3. The smallest absolute Gasteiger partial charge is 0.338 e. The van der Waals surface area contributed by atoms with Gasteiger partial charge in [-0.1, -0.05) is 0 Å². The number of carbonyl (C=O) groups is 1. The SMILES string of the molecule is COC(=O)c1ccnc(N(C)CCCN)c1. The van der Waals surface area contributed by atoms with Gasteiger partial charge in [0.05, 0.1) is 12.7 Å². The van der Waals surface area contributed by atoms with E-state index in [0.717, 1.165) is 18.8 Å². The van der Waals surface area contributed by atoms with Gasteiger partial charge < -0.3 is 15.4 Å². The number of methoxy groups -OCH3 is 1. The second-order valence-corrected chi connectivity index (χ2v) is 3.46. The van der Waals surface area contributed by atoms with Crippen LogP contribution in [0.25, 0.3) is 0 Å². The Kier molecular flexibility index (Phi) is 4.72. The van der Waals surface area contributed by atoms with Crippen LogP contribution >= 0.6 is 0 Å². The molecule has 5 heteroatoms. The van der Waals surface area contributed by atoms with Gasteiger partial charge >= 0.3 is 5.97 Å². The molecule has 0 aliphatic carbocycles. The first kappa shape index (κ1) is 12.4. The Hall–Kier alpha value is -1.62. The standard InChI is InChI=1S/C11H17N3O2/c1-14(7-3-5-12)10-8-9(4-6-13-10)11(15)16-2/h4,6,8H,3,5,7,12H2,1-2H3. The van der Waals surface area contributed by atoms with Gasteiger partial charge in [0.1, 0.15) is 5.82 Å². The number of aromatic nitrogens is 1. The number of hydrogen-bond donors (Lipinski definition) is 1. The molecule has 2 N–H and O–H groups in total. The zero-order valence-electron chi connectivity index (χ0n) is 9.64. The lowest BCUT2D eigenvalue weighted by atomic mass is 10.2. The molecule has 0 aliphatic rings. The highest BCUT2D eigenvalue weighted by molar-refractivity contribution is 5.90. The zero-order chi connectivity index (χ0) is 12.0. The number of pyridine rings is 1. The Labute approximate surface area is 95.2 Å². The number of nitrogens with two attached hydrogens (primary N) is 1. The van der Waals surface area contributed by atoms with Crippen molar-refractivity contribution in [1.29, 1.82) is 0 Å². The minimum atomic E-state index is -0.351. The molecule has 0 spiro atoms. The van der Waals surface area contributed by atoms with Gasteiger partial charge in [-0.3, -0.25) is 0 Å². The topological polar surface area (TPSA) is 68.5 Å². The van der Waals surface area contributed by atoms with Crippen molar-refractivity contribution in [3.05, 3.63) is 23.9 Å². The summed E-state index contributed by atoms with van der Waals surface area (Å²) in [7, 11) is 3.28. The van der Waals surface area contributed by atoms with Crippen LogP contribution in [-0.4, -0.2) is 38.2 Å². The number of hydrogen-bond acceptors (Lipinski definition) is 5. The van der Waals surface area contributed by atoms with Crippen LogP contribution in [0.3, 0.4) is 0 Å². The third kappa shape index (κ3) is 3.20. The number of carbonyl (C=O) groups excluding carboxylic acids is 1. The van der Waals surface area contributed by atoms with E-state index in [-0.39, 0.29) is 5.97 Å². The van der Waals surface area contributed by atoms with Crippen LogP contribution in [0, 0.1) is 0 Å². The molecule has 1 aromatic heterocycles. The molecule has 0 atom stereocenters. The summed E-state index contributed by atoms with van der Waals surface area (Å²) in [5, 5.41) is 0. The van der Waals surface area contributed by atoms with E-state index in [1.165, 1.54) is 7.11 Å². The van der Waals surface area contributed by atoms with Gasteiger partial charge in [-0.25, -0.2) is 9.78 Å². The average Bonchev–Trinajstić information content (AvgIpc) is 2.35. The molecule has 0 bridgehead atoms. The molecule has 0 fully saturated rings. The summed E-state index contributed by atoms with van der Waals surface area (Å²) in [6.45, 7) is 1.45. The summed E-state index contributed by atoms with van der Waals surface area (Å²) in [5.41, 5.74) is 5.94. The average molecular weight is 223 g/mol. The molecule has 1 heterocycles. The Morgan fingerprint density at radius 3 is 3.00 bits per heavy atom. The molecule has 1 aromatic rings. The third-order valence-electron chi connectivity index (χ3n) is 2.26. The number of nitrogens with zero attached hydrogens (tertiary/aromatic N) is 2. The first-order valence-corrected chi connectivity index (χ1v) is 5.14. The quantitative estimate of drug-likeness (QED) is 0.742. The van der Waals surface area contributed by atoms with Crippen molar-refractivity contribution in [3.8, 4) is 0 Å². The van der Waals surface area contributed by atoms with E-state index in [2.05, 4.69) is 9.72 Å². The number of ether oxygens (including phenoxy) is 1. The highest BCUT2D eigenvalue weighted by Crippen LogP contribution is 2.11. The molecule has 0 saturated carbocycles. The monoisotopic (exact) mass is 223 g/mol. The summed E-state index contributed by atoms with van der Waals surface area (Å²) in [6.07, 6.45) is 2.49. The molecule has 1 rings (SSSR count). The van der Waals surface area contributed by atoms with Gasteiger partial charge in [0, 0.05) is 19.8 Å². The molecule has 0 unspecified atom stereocenters. The minimum Gasteiger partial charge on any atom is -0.465 e. The van der Waals surface area contributed by atoms with Gasteiger partial charge in [0.25, 0.3) is 0 Å². The lowest BCUT2D eigenvalue weighted by Gasteiger charge is -2.17. The van der Waals surface area contributed by atoms with E-state index in [4.69, 9.17) is 5.73 Å². The Morgan fingerprint density at radius 1 is 1.62 bits per heavy atom. The number of anilines is 1.